The Hall–Kier alpha value is -1.46. The van der Waals surface area contributed by atoms with Crippen LogP contribution < -0.4 is 5.32 Å². The highest BCUT2D eigenvalue weighted by Crippen LogP contribution is 2.24. The van der Waals surface area contributed by atoms with E-state index in [2.05, 4.69) is 47.5 Å². The fourth-order valence-corrected chi connectivity index (χ4v) is 2.30. The zero-order chi connectivity index (χ0) is 11.4. The Morgan fingerprint density at radius 1 is 1.50 bits per heavy atom. The molecule has 1 heterocycles. The maximum absolute atomic E-state index is 5.30. The van der Waals surface area contributed by atoms with E-state index in [-0.39, 0.29) is 0 Å². The second kappa shape index (κ2) is 5.05. The minimum absolute atomic E-state index is 0.660. The number of hydrogen-bond donors (Lipinski definition) is 1. The van der Waals surface area contributed by atoms with Gasteiger partial charge in [-0.1, -0.05) is 24.1 Å². The van der Waals surface area contributed by atoms with Gasteiger partial charge in [0, 0.05) is 18.8 Å². The molecule has 0 saturated carbocycles. The van der Waals surface area contributed by atoms with Crippen molar-refractivity contribution in [1.82, 2.24) is 4.90 Å². The summed E-state index contributed by atoms with van der Waals surface area (Å²) in [7, 11) is 2.08. The summed E-state index contributed by atoms with van der Waals surface area (Å²) in [5.41, 5.74) is 2.71. The lowest BCUT2D eigenvalue weighted by Crippen LogP contribution is -2.33. The van der Waals surface area contributed by atoms with Gasteiger partial charge in [0.25, 0.3) is 0 Å². The van der Waals surface area contributed by atoms with E-state index in [0.717, 1.165) is 26.1 Å². The van der Waals surface area contributed by atoms with Gasteiger partial charge in [0.05, 0.1) is 6.54 Å². The Kier molecular flexibility index (Phi) is 3.48. The number of fused-ring (bicyclic) bond motifs is 1. The van der Waals surface area contributed by atoms with Crippen molar-refractivity contribution in [3.05, 3.63) is 29.8 Å². The summed E-state index contributed by atoms with van der Waals surface area (Å²) in [5, 5.41) is 3.48. The minimum atomic E-state index is 0.660. The number of benzene rings is 1. The summed E-state index contributed by atoms with van der Waals surface area (Å²) in [6.45, 7) is 2.84. The van der Waals surface area contributed by atoms with Crippen LogP contribution in [0.5, 0.6) is 0 Å². The molecule has 16 heavy (non-hydrogen) atoms. The molecule has 84 valence electrons. The Bertz CT molecular complexity index is 392. The molecule has 1 N–H and O–H groups in total. The van der Waals surface area contributed by atoms with Gasteiger partial charge in [-0.15, -0.1) is 6.42 Å². The molecule has 1 unspecified atom stereocenters. The number of nitrogens with one attached hydrogen (secondary N) is 1. The van der Waals surface area contributed by atoms with Gasteiger partial charge in [0.1, 0.15) is 0 Å². The van der Waals surface area contributed by atoms with Gasteiger partial charge in [0.2, 0.25) is 0 Å². The topological polar surface area (TPSA) is 15.3 Å². The van der Waals surface area contributed by atoms with Crippen LogP contribution in [0.25, 0.3) is 0 Å². The molecule has 1 aromatic rings. The number of nitrogens with zero attached hydrogens (tertiary/aromatic N) is 1. The number of rotatable bonds is 3. The van der Waals surface area contributed by atoms with Crippen LogP contribution in [0.4, 0.5) is 5.69 Å². The molecule has 0 aromatic heterocycles. The molecule has 0 fully saturated rings. The first-order valence-electron chi connectivity index (χ1n) is 5.73. The van der Waals surface area contributed by atoms with Crippen LogP contribution in [0, 0.1) is 18.3 Å². The first-order valence-corrected chi connectivity index (χ1v) is 5.73. The number of para-hydroxylation sites is 1. The lowest BCUT2D eigenvalue weighted by atomic mass is 9.93. The molecule has 0 bridgehead atoms. The van der Waals surface area contributed by atoms with Crippen molar-refractivity contribution in [2.75, 3.05) is 32.0 Å². The second-order valence-corrected chi connectivity index (χ2v) is 4.51. The van der Waals surface area contributed by atoms with Gasteiger partial charge < -0.3 is 5.32 Å². The van der Waals surface area contributed by atoms with Gasteiger partial charge >= 0.3 is 0 Å². The van der Waals surface area contributed by atoms with Crippen molar-refractivity contribution in [1.29, 1.82) is 0 Å². The van der Waals surface area contributed by atoms with Crippen molar-refractivity contribution >= 4 is 5.69 Å². The lowest BCUT2D eigenvalue weighted by molar-refractivity contribution is 0.306. The predicted octanol–water partition coefficient (Wildman–Crippen LogP) is 1.84. The van der Waals surface area contributed by atoms with E-state index in [1.54, 1.807) is 0 Å². The highest BCUT2D eigenvalue weighted by atomic mass is 15.1. The zero-order valence-corrected chi connectivity index (χ0v) is 9.74. The largest absolute Gasteiger partial charge is 0.384 e. The van der Waals surface area contributed by atoms with E-state index in [0.29, 0.717) is 5.92 Å². The van der Waals surface area contributed by atoms with E-state index < -0.39 is 0 Å². The number of anilines is 1. The number of hydrogen-bond acceptors (Lipinski definition) is 2. The summed E-state index contributed by atoms with van der Waals surface area (Å²) in [6, 6.07) is 8.54. The molecule has 1 atom stereocenters. The summed E-state index contributed by atoms with van der Waals surface area (Å²) in [4.78, 5) is 2.21. The highest BCUT2D eigenvalue weighted by molar-refractivity contribution is 5.53. The van der Waals surface area contributed by atoms with Crippen LogP contribution in [-0.2, 0) is 6.42 Å². The Balaban J connectivity index is 1.95. The molecular weight excluding hydrogens is 196 g/mol. The average molecular weight is 214 g/mol. The SMILES string of the molecule is C#CCN(C)CC1CNc2ccccc2C1. The Morgan fingerprint density at radius 2 is 2.31 bits per heavy atom. The predicted molar refractivity (Wildman–Crippen MR) is 68.5 cm³/mol. The maximum Gasteiger partial charge on any atom is 0.0596 e. The maximum atomic E-state index is 5.30. The first-order chi connectivity index (χ1) is 7.79. The summed E-state index contributed by atoms with van der Waals surface area (Å²) >= 11 is 0. The average Bonchev–Trinajstić information content (AvgIpc) is 2.29. The quantitative estimate of drug-likeness (QED) is 0.772. The zero-order valence-electron chi connectivity index (χ0n) is 9.74. The van der Waals surface area contributed by atoms with Crippen LogP contribution in [0.15, 0.2) is 24.3 Å². The fourth-order valence-electron chi connectivity index (χ4n) is 2.30. The molecule has 0 aliphatic carbocycles. The molecule has 1 aliphatic heterocycles. The third-order valence-corrected chi connectivity index (χ3v) is 3.04. The van der Waals surface area contributed by atoms with Crippen molar-refractivity contribution in [3.8, 4) is 12.3 Å². The summed E-state index contributed by atoms with van der Waals surface area (Å²) in [6.07, 6.45) is 6.45. The Morgan fingerprint density at radius 3 is 3.12 bits per heavy atom. The van der Waals surface area contributed by atoms with Crippen molar-refractivity contribution in [3.63, 3.8) is 0 Å². The van der Waals surface area contributed by atoms with Gasteiger partial charge in [0.15, 0.2) is 0 Å². The third kappa shape index (κ3) is 2.56. The van der Waals surface area contributed by atoms with Crippen molar-refractivity contribution in [2.45, 2.75) is 6.42 Å². The standard InChI is InChI=1S/C14H18N2/c1-3-8-16(2)11-12-9-13-6-4-5-7-14(13)15-10-12/h1,4-7,12,15H,8-11H2,2H3. The number of terminal acetylenes is 1. The van der Waals surface area contributed by atoms with E-state index >= 15 is 0 Å². The van der Waals surface area contributed by atoms with E-state index in [1.807, 2.05) is 0 Å². The molecular formula is C14H18N2. The minimum Gasteiger partial charge on any atom is -0.384 e. The molecule has 0 spiro atoms. The molecule has 2 nitrogen and oxygen atoms in total. The van der Waals surface area contributed by atoms with Gasteiger partial charge in [-0.3, -0.25) is 4.90 Å². The normalized spacial score (nSPS) is 18.7. The molecule has 0 radical (unpaired) electrons. The van der Waals surface area contributed by atoms with Gasteiger partial charge in [-0.05, 0) is 31.0 Å². The third-order valence-electron chi connectivity index (χ3n) is 3.04. The summed E-state index contributed by atoms with van der Waals surface area (Å²) in [5.74, 6) is 3.34. The van der Waals surface area contributed by atoms with Crippen LogP contribution in [0.3, 0.4) is 0 Å². The van der Waals surface area contributed by atoms with E-state index in [9.17, 15) is 0 Å². The highest BCUT2D eigenvalue weighted by Gasteiger charge is 2.18. The van der Waals surface area contributed by atoms with E-state index in [4.69, 9.17) is 6.42 Å². The molecule has 0 saturated heterocycles. The van der Waals surface area contributed by atoms with Crippen molar-refractivity contribution in [2.24, 2.45) is 5.92 Å². The fraction of sp³-hybridized carbons (Fsp3) is 0.429. The van der Waals surface area contributed by atoms with E-state index in [1.165, 1.54) is 11.3 Å². The lowest BCUT2D eigenvalue weighted by Gasteiger charge is -2.28. The first kappa shape index (κ1) is 11.0. The smallest absolute Gasteiger partial charge is 0.0596 e. The molecule has 0 amide bonds. The molecule has 2 heteroatoms. The molecule has 2 rings (SSSR count). The monoisotopic (exact) mass is 214 g/mol. The van der Waals surface area contributed by atoms with Crippen LogP contribution in [0.1, 0.15) is 5.56 Å². The molecule has 1 aliphatic rings. The van der Waals surface area contributed by atoms with Crippen LogP contribution >= 0.6 is 0 Å². The van der Waals surface area contributed by atoms with Crippen LogP contribution in [0.2, 0.25) is 0 Å². The second-order valence-electron chi connectivity index (χ2n) is 4.51. The van der Waals surface area contributed by atoms with Crippen molar-refractivity contribution < 1.29 is 0 Å². The van der Waals surface area contributed by atoms with Crippen LogP contribution in [-0.4, -0.2) is 31.6 Å². The summed E-state index contributed by atoms with van der Waals surface area (Å²) < 4.78 is 0. The van der Waals surface area contributed by atoms with Gasteiger partial charge in [-0.25, -0.2) is 0 Å². The van der Waals surface area contributed by atoms with Gasteiger partial charge in [-0.2, -0.15) is 0 Å². The molecule has 1 aromatic carbocycles. The Labute approximate surface area is 97.7 Å².